The van der Waals surface area contributed by atoms with Crippen molar-refractivity contribution in [1.82, 2.24) is 4.57 Å². The van der Waals surface area contributed by atoms with Gasteiger partial charge in [-0.25, -0.2) is 0 Å². The Kier molecular flexibility index (Phi) is 3.36. The molecule has 0 spiro atoms. The smallest absolute Gasteiger partial charge is 0.265 e. The van der Waals surface area contributed by atoms with Gasteiger partial charge in [0.15, 0.2) is 0 Å². The Labute approximate surface area is 122 Å². The minimum Gasteiger partial charge on any atom is -0.497 e. The summed E-state index contributed by atoms with van der Waals surface area (Å²) in [6.45, 7) is 0.572. The topological polar surface area (TPSA) is 57.2 Å². The van der Waals surface area contributed by atoms with Crippen molar-refractivity contribution >= 4 is 16.8 Å². The number of carbonyl (C=O) groups is 1. The first-order valence-electron chi connectivity index (χ1n) is 6.70. The Balaban J connectivity index is 2.10. The standard InChI is InChI=1S/C17H16N2O2/c1-21-14-7-4-5-12(9-14)11-19-15-8-3-2-6-13(15)10-16(19)17(18)20/h2-10H,11H2,1H3,(H2,18,20). The highest BCUT2D eigenvalue weighted by molar-refractivity contribution is 5.97. The van der Waals surface area contributed by atoms with Gasteiger partial charge in [-0.2, -0.15) is 0 Å². The Morgan fingerprint density at radius 3 is 2.71 bits per heavy atom. The third-order valence-corrected chi connectivity index (χ3v) is 3.54. The van der Waals surface area contributed by atoms with E-state index in [4.69, 9.17) is 10.5 Å². The van der Waals surface area contributed by atoms with E-state index in [-0.39, 0.29) is 0 Å². The molecule has 3 rings (SSSR count). The van der Waals surface area contributed by atoms with E-state index in [9.17, 15) is 4.79 Å². The molecule has 21 heavy (non-hydrogen) atoms. The summed E-state index contributed by atoms with van der Waals surface area (Å²) in [6.07, 6.45) is 0. The number of primary amides is 1. The molecule has 0 unspecified atom stereocenters. The first-order valence-corrected chi connectivity index (χ1v) is 6.70. The van der Waals surface area contributed by atoms with Crippen molar-refractivity contribution in [2.24, 2.45) is 5.73 Å². The minimum atomic E-state index is -0.422. The molecule has 0 fully saturated rings. The predicted octanol–water partition coefficient (Wildman–Crippen LogP) is 2.80. The van der Waals surface area contributed by atoms with Crippen LogP contribution in [0.3, 0.4) is 0 Å². The molecule has 0 saturated heterocycles. The molecule has 0 aliphatic carbocycles. The Morgan fingerprint density at radius 1 is 1.14 bits per heavy atom. The Bertz CT molecular complexity index is 805. The van der Waals surface area contributed by atoms with Gasteiger partial charge in [0.2, 0.25) is 0 Å². The van der Waals surface area contributed by atoms with Gasteiger partial charge in [-0.15, -0.1) is 0 Å². The largest absolute Gasteiger partial charge is 0.497 e. The summed E-state index contributed by atoms with van der Waals surface area (Å²) in [4.78, 5) is 11.7. The summed E-state index contributed by atoms with van der Waals surface area (Å²) < 4.78 is 7.18. The van der Waals surface area contributed by atoms with Gasteiger partial charge in [0.1, 0.15) is 11.4 Å². The van der Waals surface area contributed by atoms with Gasteiger partial charge in [0.25, 0.3) is 5.91 Å². The molecule has 0 radical (unpaired) electrons. The maximum Gasteiger partial charge on any atom is 0.265 e. The third-order valence-electron chi connectivity index (χ3n) is 3.54. The SMILES string of the molecule is COc1cccc(Cn2c(C(N)=O)cc3ccccc32)c1. The number of methoxy groups -OCH3 is 1. The molecule has 4 nitrogen and oxygen atoms in total. The van der Waals surface area contributed by atoms with E-state index in [1.807, 2.05) is 59.2 Å². The number of aromatic nitrogens is 1. The van der Waals surface area contributed by atoms with Gasteiger partial charge >= 0.3 is 0 Å². The van der Waals surface area contributed by atoms with Crippen LogP contribution in [-0.4, -0.2) is 17.6 Å². The lowest BCUT2D eigenvalue weighted by Crippen LogP contribution is -2.17. The number of benzene rings is 2. The highest BCUT2D eigenvalue weighted by Gasteiger charge is 2.13. The maximum absolute atomic E-state index is 11.7. The average Bonchev–Trinajstić information content (AvgIpc) is 2.87. The van der Waals surface area contributed by atoms with Crippen LogP contribution < -0.4 is 10.5 Å². The molecule has 106 valence electrons. The van der Waals surface area contributed by atoms with E-state index in [0.717, 1.165) is 22.2 Å². The third kappa shape index (κ3) is 2.48. The van der Waals surface area contributed by atoms with Gasteiger partial charge in [-0.05, 0) is 29.8 Å². The monoisotopic (exact) mass is 280 g/mol. The fourth-order valence-electron chi connectivity index (χ4n) is 2.54. The van der Waals surface area contributed by atoms with Crippen LogP contribution in [0.25, 0.3) is 10.9 Å². The maximum atomic E-state index is 11.7. The molecule has 0 aliphatic heterocycles. The van der Waals surface area contributed by atoms with Crippen molar-refractivity contribution in [1.29, 1.82) is 0 Å². The van der Waals surface area contributed by atoms with Crippen molar-refractivity contribution in [3.63, 3.8) is 0 Å². The van der Waals surface area contributed by atoms with Crippen molar-refractivity contribution in [3.05, 3.63) is 65.9 Å². The summed E-state index contributed by atoms with van der Waals surface area (Å²) in [5.74, 6) is 0.374. The van der Waals surface area contributed by atoms with Crippen LogP contribution in [0.5, 0.6) is 5.75 Å². The number of nitrogens with zero attached hydrogens (tertiary/aromatic N) is 1. The van der Waals surface area contributed by atoms with Crippen LogP contribution in [0, 0.1) is 0 Å². The Morgan fingerprint density at radius 2 is 1.95 bits per heavy atom. The van der Waals surface area contributed by atoms with Crippen LogP contribution in [-0.2, 0) is 6.54 Å². The quantitative estimate of drug-likeness (QED) is 0.799. The number of fused-ring (bicyclic) bond motifs is 1. The molecule has 1 heterocycles. The molecule has 0 bridgehead atoms. The van der Waals surface area contributed by atoms with Gasteiger partial charge in [0.05, 0.1) is 7.11 Å². The predicted molar refractivity (Wildman–Crippen MR) is 82.6 cm³/mol. The summed E-state index contributed by atoms with van der Waals surface area (Å²) >= 11 is 0. The van der Waals surface area contributed by atoms with Gasteiger partial charge < -0.3 is 15.0 Å². The van der Waals surface area contributed by atoms with Crippen molar-refractivity contribution in [2.45, 2.75) is 6.54 Å². The number of para-hydroxylation sites is 1. The summed E-state index contributed by atoms with van der Waals surface area (Å²) in [7, 11) is 1.64. The normalized spacial score (nSPS) is 10.7. The molecular weight excluding hydrogens is 264 g/mol. The number of amides is 1. The second-order valence-electron chi connectivity index (χ2n) is 4.89. The van der Waals surface area contributed by atoms with Gasteiger partial charge in [0, 0.05) is 17.4 Å². The molecule has 1 aromatic heterocycles. The highest BCUT2D eigenvalue weighted by atomic mass is 16.5. The number of rotatable bonds is 4. The van der Waals surface area contributed by atoms with E-state index in [1.165, 1.54) is 0 Å². The molecule has 4 heteroatoms. The fraction of sp³-hybridized carbons (Fsp3) is 0.118. The molecule has 1 amide bonds. The van der Waals surface area contributed by atoms with Crippen LogP contribution in [0.1, 0.15) is 16.1 Å². The first-order chi connectivity index (χ1) is 10.2. The number of carbonyl (C=O) groups excluding carboxylic acids is 1. The van der Waals surface area contributed by atoms with Gasteiger partial charge in [-0.1, -0.05) is 30.3 Å². The van der Waals surface area contributed by atoms with Crippen LogP contribution in [0.4, 0.5) is 0 Å². The van der Waals surface area contributed by atoms with Gasteiger partial charge in [-0.3, -0.25) is 4.79 Å². The number of nitrogens with two attached hydrogens (primary N) is 1. The zero-order valence-electron chi connectivity index (χ0n) is 11.7. The highest BCUT2D eigenvalue weighted by Crippen LogP contribution is 2.22. The lowest BCUT2D eigenvalue weighted by Gasteiger charge is -2.10. The van der Waals surface area contributed by atoms with Crippen molar-refractivity contribution < 1.29 is 9.53 Å². The first kappa shape index (κ1) is 13.2. The molecule has 0 atom stereocenters. The lowest BCUT2D eigenvalue weighted by molar-refractivity contribution is 0.0992. The second kappa shape index (κ2) is 5.32. The van der Waals surface area contributed by atoms with Crippen LogP contribution >= 0.6 is 0 Å². The molecule has 2 aromatic carbocycles. The van der Waals surface area contributed by atoms with Crippen molar-refractivity contribution in [2.75, 3.05) is 7.11 Å². The number of hydrogen-bond donors (Lipinski definition) is 1. The van der Waals surface area contributed by atoms with Crippen LogP contribution in [0.2, 0.25) is 0 Å². The second-order valence-corrected chi connectivity index (χ2v) is 4.89. The lowest BCUT2D eigenvalue weighted by atomic mass is 10.2. The number of hydrogen-bond acceptors (Lipinski definition) is 2. The molecule has 3 aromatic rings. The average molecular weight is 280 g/mol. The van der Waals surface area contributed by atoms with E-state index in [1.54, 1.807) is 7.11 Å². The summed E-state index contributed by atoms with van der Waals surface area (Å²) in [5.41, 5.74) is 8.07. The molecular formula is C17H16N2O2. The minimum absolute atomic E-state index is 0.422. The summed E-state index contributed by atoms with van der Waals surface area (Å²) in [6, 6.07) is 17.5. The van der Waals surface area contributed by atoms with E-state index in [0.29, 0.717) is 12.2 Å². The van der Waals surface area contributed by atoms with E-state index >= 15 is 0 Å². The number of ether oxygens (including phenoxy) is 1. The van der Waals surface area contributed by atoms with Crippen molar-refractivity contribution in [3.8, 4) is 5.75 Å². The van der Waals surface area contributed by atoms with Crippen LogP contribution in [0.15, 0.2) is 54.6 Å². The zero-order valence-corrected chi connectivity index (χ0v) is 11.7. The van der Waals surface area contributed by atoms with E-state index < -0.39 is 5.91 Å². The molecule has 2 N–H and O–H groups in total. The molecule has 0 aliphatic rings. The Hall–Kier alpha value is -2.75. The van der Waals surface area contributed by atoms with E-state index in [2.05, 4.69) is 0 Å². The fourth-order valence-corrected chi connectivity index (χ4v) is 2.54. The molecule has 0 saturated carbocycles. The zero-order chi connectivity index (χ0) is 14.8. The summed E-state index contributed by atoms with van der Waals surface area (Å²) in [5, 5.41) is 1.01.